The number of fused-ring (bicyclic) bond motifs is 1. The van der Waals surface area contributed by atoms with Crippen molar-refractivity contribution in [2.75, 3.05) is 24.6 Å². The summed E-state index contributed by atoms with van der Waals surface area (Å²) in [7, 11) is 0. The molecule has 1 aromatic heterocycles. The Morgan fingerprint density at radius 1 is 1.47 bits per heavy atom. The van der Waals surface area contributed by atoms with Crippen molar-refractivity contribution in [2.45, 2.75) is 6.10 Å². The molecule has 1 aliphatic heterocycles. The van der Waals surface area contributed by atoms with Crippen molar-refractivity contribution in [1.82, 2.24) is 4.98 Å². The molecule has 0 N–H and O–H groups in total. The Balaban J connectivity index is 1.90. The highest BCUT2D eigenvalue weighted by Crippen LogP contribution is 2.29. The number of anilines is 1. The van der Waals surface area contributed by atoms with E-state index in [0.717, 1.165) is 17.2 Å². The molecule has 0 radical (unpaired) electrons. The minimum absolute atomic E-state index is 0.337. The molecule has 2 aromatic rings. The third kappa shape index (κ3) is 1.97. The lowest BCUT2D eigenvalue weighted by Crippen LogP contribution is -2.41. The lowest BCUT2D eigenvalue weighted by atomic mass is 10.3. The van der Waals surface area contributed by atoms with Crippen molar-refractivity contribution < 1.29 is 4.74 Å². The van der Waals surface area contributed by atoms with Gasteiger partial charge in [-0.2, -0.15) is 5.26 Å². The number of nitriles is 1. The second-order valence-electron chi connectivity index (χ2n) is 3.90. The van der Waals surface area contributed by atoms with E-state index in [1.54, 1.807) is 11.3 Å². The highest BCUT2D eigenvalue weighted by molar-refractivity contribution is 7.22. The topological polar surface area (TPSA) is 49.2 Å². The quantitative estimate of drug-likeness (QED) is 0.771. The number of thiazole rings is 1. The highest BCUT2D eigenvalue weighted by Gasteiger charge is 2.22. The summed E-state index contributed by atoms with van der Waals surface area (Å²) in [5, 5.41) is 9.86. The first-order valence-corrected chi connectivity index (χ1v) is 6.30. The minimum Gasteiger partial charge on any atom is -0.360 e. The van der Waals surface area contributed by atoms with E-state index in [1.807, 2.05) is 18.2 Å². The molecule has 1 aliphatic rings. The van der Waals surface area contributed by atoms with Gasteiger partial charge in [-0.1, -0.05) is 23.5 Å². The van der Waals surface area contributed by atoms with Crippen LogP contribution in [0.1, 0.15) is 0 Å². The van der Waals surface area contributed by atoms with Crippen LogP contribution in [0.2, 0.25) is 0 Å². The number of para-hydroxylation sites is 1. The van der Waals surface area contributed by atoms with Crippen LogP contribution < -0.4 is 4.90 Å². The molecule has 1 aromatic carbocycles. The van der Waals surface area contributed by atoms with Gasteiger partial charge in [-0.05, 0) is 12.1 Å². The second kappa shape index (κ2) is 4.32. The van der Waals surface area contributed by atoms with Gasteiger partial charge in [0.15, 0.2) is 11.2 Å². The van der Waals surface area contributed by atoms with Gasteiger partial charge in [-0.3, -0.25) is 0 Å². The summed E-state index contributed by atoms with van der Waals surface area (Å²) in [6.45, 7) is 2.00. The van der Waals surface area contributed by atoms with Crippen LogP contribution in [0.25, 0.3) is 10.2 Å². The summed E-state index contributed by atoms with van der Waals surface area (Å²) in [5.74, 6) is 0. The van der Waals surface area contributed by atoms with Gasteiger partial charge in [-0.25, -0.2) is 4.98 Å². The lowest BCUT2D eigenvalue weighted by Gasteiger charge is -2.29. The summed E-state index contributed by atoms with van der Waals surface area (Å²) in [6.07, 6.45) is -0.337. The average molecular weight is 245 g/mol. The van der Waals surface area contributed by atoms with Crippen molar-refractivity contribution in [1.29, 1.82) is 5.26 Å². The van der Waals surface area contributed by atoms with Crippen LogP contribution in [-0.4, -0.2) is 30.8 Å². The Morgan fingerprint density at radius 3 is 3.18 bits per heavy atom. The largest absolute Gasteiger partial charge is 0.360 e. The zero-order valence-corrected chi connectivity index (χ0v) is 9.98. The summed E-state index contributed by atoms with van der Waals surface area (Å²) < 4.78 is 6.51. The van der Waals surface area contributed by atoms with Crippen LogP contribution in [0, 0.1) is 11.3 Å². The first-order valence-electron chi connectivity index (χ1n) is 5.48. The third-order valence-electron chi connectivity index (χ3n) is 2.76. The Labute approximate surface area is 103 Å². The fourth-order valence-corrected chi connectivity index (χ4v) is 2.90. The normalized spacial score (nSPS) is 20.4. The smallest absolute Gasteiger partial charge is 0.186 e. The van der Waals surface area contributed by atoms with Gasteiger partial charge in [0, 0.05) is 6.54 Å². The summed E-state index contributed by atoms with van der Waals surface area (Å²) in [6, 6.07) is 10.2. The molecule has 5 heteroatoms. The van der Waals surface area contributed by atoms with Gasteiger partial charge >= 0.3 is 0 Å². The number of hydrogen-bond donors (Lipinski definition) is 0. The Kier molecular flexibility index (Phi) is 2.67. The molecule has 1 saturated heterocycles. The van der Waals surface area contributed by atoms with E-state index in [-0.39, 0.29) is 6.10 Å². The molecule has 0 spiro atoms. The van der Waals surface area contributed by atoms with Crippen LogP contribution >= 0.6 is 11.3 Å². The Hall–Kier alpha value is -1.64. The predicted molar refractivity (Wildman–Crippen MR) is 67.2 cm³/mol. The fraction of sp³-hybridized carbons (Fsp3) is 0.333. The summed E-state index contributed by atoms with van der Waals surface area (Å²) in [4.78, 5) is 6.71. The first-order chi connectivity index (χ1) is 8.36. The van der Waals surface area contributed by atoms with Gasteiger partial charge in [0.1, 0.15) is 0 Å². The van der Waals surface area contributed by atoms with Crippen molar-refractivity contribution in [3.63, 3.8) is 0 Å². The predicted octanol–water partition coefficient (Wildman–Crippen LogP) is 2.03. The number of aromatic nitrogens is 1. The van der Waals surface area contributed by atoms with Crippen LogP contribution in [0.3, 0.4) is 0 Å². The summed E-state index contributed by atoms with van der Waals surface area (Å²) >= 11 is 1.67. The van der Waals surface area contributed by atoms with Crippen molar-refractivity contribution >= 4 is 26.7 Å². The molecule has 0 bridgehead atoms. The molecule has 0 saturated carbocycles. The number of benzene rings is 1. The highest BCUT2D eigenvalue weighted by atomic mass is 32.1. The van der Waals surface area contributed by atoms with Crippen molar-refractivity contribution in [3.8, 4) is 6.07 Å². The molecule has 4 nitrogen and oxygen atoms in total. The monoisotopic (exact) mass is 245 g/mol. The van der Waals surface area contributed by atoms with Crippen molar-refractivity contribution in [2.24, 2.45) is 0 Å². The molecular weight excluding hydrogens is 234 g/mol. The zero-order valence-electron chi connectivity index (χ0n) is 9.17. The van der Waals surface area contributed by atoms with E-state index in [1.165, 1.54) is 4.70 Å². The standard InChI is InChI=1S/C12H11N3OS/c13-7-9-8-15(5-6-16-9)12-14-10-3-1-2-4-11(10)17-12/h1-4,9H,5-6,8H2. The van der Waals surface area contributed by atoms with E-state index in [9.17, 15) is 0 Å². The molecular formula is C12H11N3OS. The molecule has 17 heavy (non-hydrogen) atoms. The zero-order chi connectivity index (χ0) is 11.7. The Morgan fingerprint density at radius 2 is 2.35 bits per heavy atom. The lowest BCUT2D eigenvalue weighted by molar-refractivity contribution is 0.0764. The van der Waals surface area contributed by atoms with Gasteiger partial charge in [-0.15, -0.1) is 0 Å². The number of hydrogen-bond acceptors (Lipinski definition) is 5. The SMILES string of the molecule is N#CC1CN(c2nc3ccccc3s2)CCO1. The van der Waals surface area contributed by atoms with E-state index in [4.69, 9.17) is 10.00 Å². The molecule has 0 amide bonds. The molecule has 86 valence electrons. The van der Waals surface area contributed by atoms with Gasteiger partial charge in [0.25, 0.3) is 0 Å². The summed E-state index contributed by atoms with van der Waals surface area (Å²) in [5.41, 5.74) is 1.02. The van der Waals surface area contributed by atoms with Crippen LogP contribution in [0.5, 0.6) is 0 Å². The third-order valence-corrected chi connectivity index (χ3v) is 3.86. The first kappa shape index (κ1) is 10.5. The maximum Gasteiger partial charge on any atom is 0.186 e. The van der Waals surface area contributed by atoms with Crippen molar-refractivity contribution in [3.05, 3.63) is 24.3 Å². The minimum atomic E-state index is -0.337. The molecule has 1 unspecified atom stereocenters. The second-order valence-corrected chi connectivity index (χ2v) is 4.91. The number of nitrogens with zero attached hydrogens (tertiary/aromatic N) is 3. The van der Waals surface area contributed by atoms with Crippen LogP contribution in [-0.2, 0) is 4.74 Å². The van der Waals surface area contributed by atoms with Crippen LogP contribution in [0.4, 0.5) is 5.13 Å². The molecule has 1 fully saturated rings. The van der Waals surface area contributed by atoms with E-state index < -0.39 is 0 Å². The Bertz CT molecular complexity index is 541. The maximum atomic E-state index is 8.88. The molecule has 2 heterocycles. The maximum absolute atomic E-state index is 8.88. The number of rotatable bonds is 1. The van der Waals surface area contributed by atoms with Gasteiger partial charge < -0.3 is 9.64 Å². The molecule has 0 aliphatic carbocycles. The van der Waals surface area contributed by atoms with Gasteiger partial charge in [0.2, 0.25) is 0 Å². The number of morpholine rings is 1. The van der Waals surface area contributed by atoms with E-state index in [2.05, 4.69) is 22.0 Å². The van der Waals surface area contributed by atoms with E-state index >= 15 is 0 Å². The van der Waals surface area contributed by atoms with E-state index in [0.29, 0.717) is 13.2 Å². The number of ether oxygens (including phenoxy) is 1. The molecule has 3 rings (SSSR count). The average Bonchev–Trinajstić information content (AvgIpc) is 2.82. The van der Waals surface area contributed by atoms with Crippen LogP contribution in [0.15, 0.2) is 24.3 Å². The fourth-order valence-electron chi connectivity index (χ4n) is 1.90. The molecule has 1 atom stereocenters. The van der Waals surface area contributed by atoms with Gasteiger partial charge in [0.05, 0.1) is 29.4 Å².